The van der Waals surface area contributed by atoms with Gasteiger partial charge in [-0.3, -0.25) is 0 Å². The summed E-state index contributed by atoms with van der Waals surface area (Å²) in [5.41, 5.74) is 1.11. The van der Waals surface area contributed by atoms with Crippen LogP contribution in [0, 0.1) is 11.3 Å². The lowest BCUT2D eigenvalue weighted by Gasteiger charge is -2.15. The largest absolute Gasteiger partial charge is 0.478 e. The third-order valence-corrected chi connectivity index (χ3v) is 2.90. The highest BCUT2D eigenvalue weighted by atomic mass is 16.5. The molecular formula is C15H22N2O. The lowest BCUT2D eigenvalue weighted by atomic mass is 10.1. The summed E-state index contributed by atoms with van der Waals surface area (Å²) in [4.78, 5) is 0. The maximum atomic E-state index is 8.54. The number of nitrogens with zero attached hydrogens (tertiary/aromatic N) is 1. The normalized spacial score (nSPS) is 11.8. The van der Waals surface area contributed by atoms with Crippen molar-refractivity contribution in [1.82, 2.24) is 5.32 Å². The highest BCUT2D eigenvalue weighted by molar-refractivity contribution is 5.33. The number of nitriles is 1. The van der Waals surface area contributed by atoms with Gasteiger partial charge in [0.25, 0.3) is 0 Å². The molecule has 0 aromatic heterocycles. The SMILES string of the molecule is CCCCC(C)NCc1ccccc1OCC#N. The summed E-state index contributed by atoms with van der Waals surface area (Å²) in [6, 6.07) is 10.4. The van der Waals surface area contributed by atoms with Crippen LogP contribution < -0.4 is 10.1 Å². The first-order valence-electron chi connectivity index (χ1n) is 6.59. The molecule has 0 spiro atoms. The second kappa shape index (κ2) is 8.54. The minimum atomic E-state index is 0.0996. The molecule has 1 unspecified atom stereocenters. The molecule has 0 heterocycles. The number of rotatable bonds is 8. The summed E-state index contributed by atoms with van der Waals surface area (Å²) in [7, 11) is 0. The van der Waals surface area contributed by atoms with E-state index in [9.17, 15) is 0 Å². The van der Waals surface area contributed by atoms with Crippen LogP contribution in [0.1, 0.15) is 38.7 Å². The number of hydrogen-bond acceptors (Lipinski definition) is 3. The van der Waals surface area contributed by atoms with Crippen molar-refractivity contribution in [3.8, 4) is 11.8 Å². The molecule has 0 aliphatic heterocycles. The van der Waals surface area contributed by atoms with Gasteiger partial charge >= 0.3 is 0 Å². The Labute approximate surface area is 110 Å². The standard InChI is InChI=1S/C15H22N2O/c1-3-4-7-13(2)17-12-14-8-5-6-9-15(14)18-11-10-16/h5-6,8-9,13,17H,3-4,7,11-12H2,1-2H3. The predicted octanol–water partition coefficient (Wildman–Crippen LogP) is 3.26. The summed E-state index contributed by atoms with van der Waals surface area (Å²) in [5, 5.41) is 12.0. The first-order chi connectivity index (χ1) is 8.77. The minimum Gasteiger partial charge on any atom is -0.478 e. The van der Waals surface area contributed by atoms with E-state index in [1.54, 1.807) is 0 Å². The average Bonchev–Trinajstić information content (AvgIpc) is 2.41. The van der Waals surface area contributed by atoms with E-state index in [1.807, 2.05) is 30.3 Å². The number of unbranched alkanes of at least 4 members (excludes halogenated alkanes) is 1. The molecule has 0 amide bonds. The Hall–Kier alpha value is -1.53. The smallest absolute Gasteiger partial charge is 0.174 e. The van der Waals surface area contributed by atoms with Gasteiger partial charge in [0, 0.05) is 18.2 Å². The van der Waals surface area contributed by atoms with Crippen LogP contribution in [0.4, 0.5) is 0 Å². The molecule has 0 aliphatic rings. The van der Waals surface area contributed by atoms with Crippen molar-refractivity contribution < 1.29 is 4.74 Å². The summed E-state index contributed by atoms with van der Waals surface area (Å²) in [6.45, 7) is 5.29. The van der Waals surface area contributed by atoms with Gasteiger partial charge in [0.2, 0.25) is 0 Å². The van der Waals surface area contributed by atoms with E-state index in [0.717, 1.165) is 17.9 Å². The van der Waals surface area contributed by atoms with Crippen LogP contribution in [-0.2, 0) is 6.54 Å². The van der Waals surface area contributed by atoms with Crippen LogP contribution >= 0.6 is 0 Å². The number of nitrogens with one attached hydrogen (secondary N) is 1. The van der Waals surface area contributed by atoms with Gasteiger partial charge in [0.15, 0.2) is 6.61 Å². The van der Waals surface area contributed by atoms with Crippen molar-refractivity contribution in [2.75, 3.05) is 6.61 Å². The Morgan fingerprint density at radius 1 is 1.39 bits per heavy atom. The van der Waals surface area contributed by atoms with Crippen LogP contribution in [0.25, 0.3) is 0 Å². The molecule has 0 radical (unpaired) electrons. The van der Waals surface area contributed by atoms with Crippen molar-refractivity contribution in [1.29, 1.82) is 5.26 Å². The van der Waals surface area contributed by atoms with Gasteiger partial charge < -0.3 is 10.1 Å². The van der Waals surface area contributed by atoms with Crippen molar-refractivity contribution >= 4 is 0 Å². The topological polar surface area (TPSA) is 45.0 Å². The maximum Gasteiger partial charge on any atom is 0.174 e. The molecule has 3 heteroatoms. The third-order valence-electron chi connectivity index (χ3n) is 2.90. The Bertz CT molecular complexity index is 384. The summed E-state index contributed by atoms with van der Waals surface area (Å²) in [6.07, 6.45) is 3.67. The second-order valence-corrected chi connectivity index (χ2v) is 4.48. The van der Waals surface area contributed by atoms with Gasteiger partial charge in [0.05, 0.1) is 0 Å². The zero-order valence-electron chi connectivity index (χ0n) is 11.3. The molecule has 98 valence electrons. The Morgan fingerprint density at radius 3 is 2.89 bits per heavy atom. The van der Waals surface area contributed by atoms with Crippen LogP contribution in [0.2, 0.25) is 0 Å². The average molecular weight is 246 g/mol. The molecule has 1 aromatic rings. The van der Waals surface area contributed by atoms with E-state index in [4.69, 9.17) is 10.00 Å². The predicted molar refractivity (Wildman–Crippen MR) is 73.4 cm³/mol. The van der Waals surface area contributed by atoms with Gasteiger partial charge in [-0.05, 0) is 19.4 Å². The molecule has 1 N–H and O–H groups in total. The molecule has 1 rings (SSSR count). The summed E-state index contributed by atoms with van der Waals surface area (Å²) in [5.74, 6) is 0.800. The van der Waals surface area contributed by atoms with Crippen LogP contribution in [-0.4, -0.2) is 12.6 Å². The second-order valence-electron chi connectivity index (χ2n) is 4.48. The van der Waals surface area contributed by atoms with Crippen molar-refractivity contribution in [2.24, 2.45) is 0 Å². The van der Waals surface area contributed by atoms with Gasteiger partial charge in [-0.1, -0.05) is 38.0 Å². The van der Waals surface area contributed by atoms with Crippen molar-refractivity contribution in [3.63, 3.8) is 0 Å². The maximum absolute atomic E-state index is 8.54. The van der Waals surface area contributed by atoms with E-state index in [-0.39, 0.29) is 6.61 Å². The number of hydrogen-bond donors (Lipinski definition) is 1. The molecule has 3 nitrogen and oxygen atoms in total. The van der Waals surface area contributed by atoms with E-state index >= 15 is 0 Å². The highest BCUT2D eigenvalue weighted by Crippen LogP contribution is 2.17. The molecule has 0 fully saturated rings. The van der Waals surface area contributed by atoms with E-state index in [1.165, 1.54) is 19.3 Å². The van der Waals surface area contributed by atoms with Crippen LogP contribution in [0.5, 0.6) is 5.75 Å². The highest BCUT2D eigenvalue weighted by Gasteiger charge is 2.05. The lowest BCUT2D eigenvalue weighted by molar-refractivity contribution is 0.361. The number of ether oxygens (including phenoxy) is 1. The quantitative estimate of drug-likeness (QED) is 0.765. The van der Waals surface area contributed by atoms with Gasteiger partial charge in [-0.2, -0.15) is 5.26 Å². The fraction of sp³-hybridized carbons (Fsp3) is 0.533. The van der Waals surface area contributed by atoms with Crippen LogP contribution in [0.15, 0.2) is 24.3 Å². The molecule has 0 saturated heterocycles. The molecule has 0 aliphatic carbocycles. The van der Waals surface area contributed by atoms with E-state index in [2.05, 4.69) is 19.2 Å². The number of benzene rings is 1. The van der Waals surface area contributed by atoms with Gasteiger partial charge in [0.1, 0.15) is 11.8 Å². The number of para-hydroxylation sites is 1. The third kappa shape index (κ3) is 5.20. The molecular weight excluding hydrogens is 224 g/mol. The van der Waals surface area contributed by atoms with Crippen molar-refractivity contribution in [2.45, 2.75) is 45.7 Å². The molecule has 0 saturated carbocycles. The molecule has 1 aromatic carbocycles. The zero-order valence-corrected chi connectivity index (χ0v) is 11.3. The monoisotopic (exact) mass is 246 g/mol. The molecule has 1 atom stereocenters. The van der Waals surface area contributed by atoms with E-state index in [0.29, 0.717) is 6.04 Å². The van der Waals surface area contributed by atoms with Gasteiger partial charge in [-0.15, -0.1) is 0 Å². The first kappa shape index (κ1) is 14.5. The Balaban J connectivity index is 2.48. The fourth-order valence-corrected chi connectivity index (χ4v) is 1.80. The molecule has 0 bridgehead atoms. The minimum absolute atomic E-state index is 0.0996. The fourth-order valence-electron chi connectivity index (χ4n) is 1.80. The van der Waals surface area contributed by atoms with Crippen molar-refractivity contribution in [3.05, 3.63) is 29.8 Å². The van der Waals surface area contributed by atoms with E-state index < -0.39 is 0 Å². The summed E-state index contributed by atoms with van der Waals surface area (Å²) < 4.78 is 5.40. The molecule has 18 heavy (non-hydrogen) atoms. The Kier molecular flexibility index (Phi) is 6.90. The van der Waals surface area contributed by atoms with Gasteiger partial charge in [-0.25, -0.2) is 0 Å². The first-order valence-corrected chi connectivity index (χ1v) is 6.59. The lowest BCUT2D eigenvalue weighted by Crippen LogP contribution is -2.25. The summed E-state index contributed by atoms with van der Waals surface area (Å²) >= 11 is 0. The zero-order chi connectivity index (χ0) is 13.2. The Morgan fingerprint density at radius 2 is 2.17 bits per heavy atom. The van der Waals surface area contributed by atoms with Crippen LogP contribution in [0.3, 0.4) is 0 Å².